The number of amides is 1. The van der Waals surface area contributed by atoms with E-state index >= 15 is 0 Å². The first-order chi connectivity index (χ1) is 11.6. The molecule has 0 aromatic carbocycles. The average Bonchev–Trinajstić information content (AvgIpc) is 2.49. The highest BCUT2D eigenvalue weighted by atomic mass is 19.1. The first kappa shape index (κ1) is 20.6. The predicted octanol–water partition coefficient (Wildman–Crippen LogP) is -0.300. The molecule has 1 aromatic heterocycles. The zero-order chi connectivity index (χ0) is 19.2. The van der Waals surface area contributed by atoms with Gasteiger partial charge in [0.1, 0.15) is 6.61 Å². The molecule has 140 valence electrons. The third-order valence-electron chi connectivity index (χ3n) is 3.25. The average molecular weight is 359 g/mol. The molecular formula is C15H22FN3O6. The molecule has 1 heterocycles. The Morgan fingerprint density at radius 2 is 2.00 bits per heavy atom. The van der Waals surface area contributed by atoms with E-state index in [1.807, 2.05) is 0 Å². The second-order valence-corrected chi connectivity index (χ2v) is 5.87. The highest BCUT2D eigenvalue weighted by Crippen LogP contribution is 2.23. The third-order valence-corrected chi connectivity index (χ3v) is 3.25. The summed E-state index contributed by atoms with van der Waals surface area (Å²) in [5.41, 5.74) is -4.28. The molecule has 1 atom stereocenters. The number of aromatic amines is 1. The second-order valence-electron chi connectivity index (χ2n) is 5.87. The molecule has 0 saturated carbocycles. The number of hydrogen-bond donors (Lipinski definition) is 2. The van der Waals surface area contributed by atoms with E-state index in [1.54, 1.807) is 18.8 Å². The molecule has 0 saturated heterocycles. The minimum atomic E-state index is -2.00. The zero-order valence-electron chi connectivity index (χ0n) is 14.6. The quantitative estimate of drug-likeness (QED) is 0.486. The van der Waals surface area contributed by atoms with Crippen molar-refractivity contribution in [3.63, 3.8) is 0 Å². The number of rotatable bonds is 8. The van der Waals surface area contributed by atoms with Gasteiger partial charge >= 0.3 is 11.7 Å². The van der Waals surface area contributed by atoms with Gasteiger partial charge in [-0.1, -0.05) is 13.8 Å². The summed E-state index contributed by atoms with van der Waals surface area (Å²) in [7, 11) is 1.41. The minimum absolute atomic E-state index is 0.0657. The molecule has 1 amide bonds. The lowest BCUT2D eigenvalue weighted by Crippen LogP contribution is -2.61. The SMILES string of the molecule is COCCOC(=O)C(CC(C)C)(NC(C)=O)n1cc(F)c(=O)[nH]c1=O. The molecule has 0 radical (unpaired) electrons. The van der Waals surface area contributed by atoms with Gasteiger partial charge in [-0.2, -0.15) is 4.39 Å². The van der Waals surface area contributed by atoms with Crippen LogP contribution < -0.4 is 16.6 Å². The molecular weight excluding hydrogens is 337 g/mol. The molecule has 2 N–H and O–H groups in total. The van der Waals surface area contributed by atoms with Crippen molar-refractivity contribution in [2.45, 2.75) is 32.9 Å². The van der Waals surface area contributed by atoms with Crippen LogP contribution in [0.5, 0.6) is 0 Å². The number of aromatic nitrogens is 2. The van der Waals surface area contributed by atoms with Gasteiger partial charge in [0.15, 0.2) is 0 Å². The predicted molar refractivity (Wildman–Crippen MR) is 85.4 cm³/mol. The fourth-order valence-corrected chi connectivity index (χ4v) is 2.39. The van der Waals surface area contributed by atoms with E-state index in [0.29, 0.717) is 10.8 Å². The Labute approximate surface area is 143 Å². The number of hydrogen-bond acceptors (Lipinski definition) is 6. The number of methoxy groups -OCH3 is 1. The summed E-state index contributed by atoms with van der Waals surface area (Å²) in [6, 6.07) is 0. The zero-order valence-corrected chi connectivity index (χ0v) is 14.6. The van der Waals surface area contributed by atoms with E-state index in [9.17, 15) is 23.6 Å². The lowest BCUT2D eigenvalue weighted by molar-refractivity contribution is -0.161. The Kier molecular flexibility index (Phi) is 7.04. The number of nitrogens with zero attached hydrogens (tertiary/aromatic N) is 1. The van der Waals surface area contributed by atoms with E-state index in [4.69, 9.17) is 9.47 Å². The Morgan fingerprint density at radius 1 is 1.36 bits per heavy atom. The molecule has 0 fully saturated rings. The summed E-state index contributed by atoms with van der Waals surface area (Å²) in [6.07, 6.45) is 0.515. The molecule has 0 aliphatic rings. The summed E-state index contributed by atoms with van der Waals surface area (Å²) in [6.45, 7) is 4.59. The maximum Gasteiger partial charge on any atom is 0.353 e. The van der Waals surface area contributed by atoms with Crippen LogP contribution in [0.1, 0.15) is 27.2 Å². The first-order valence-electron chi connectivity index (χ1n) is 7.61. The normalized spacial score (nSPS) is 13.4. The molecule has 0 bridgehead atoms. The summed E-state index contributed by atoms with van der Waals surface area (Å²) in [5.74, 6) is -3.07. The Hall–Kier alpha value is -2.49. The lowest BCUT2D eigenvalue weighted by atomic mass is 9.96. The Balaban J connectivity index is 3.55. The van der Waals surface area contributed by atoms with Crippen molar-refractivity contribution in [3.05, 3.63) is 32.9 Å². The molecule has 1 rings (SSSR count). The van der Waals surface area contributed by atoms with Crippen LogP contribution in [0.25, 0.3) is 0 Å². The lowest BCUT2D eigenvalue weighted by Gasteiger charge is -2.34. The highest BCUT2D eigenvalue weighted by Gasteiger charge is 2.45. The summed E-state index contributed by atoms with van der Waals surface area (Å²) in [5, 5.41) is 2.38. The monoisotopic (exact) mass is 359 g/mol. The molecule has 0 spiro atoms. The van der Waals surface area contributed by atoms with Crippen LogP contribution in [0.3, 0.4) is 0 Å². The molecule has 0 aliphatic carbocycles. The van der Waals surface area contributed by atoms with Gasteiger partial charge in [-0.15, -0.1) is 0 Å². The van der Waals surface area contributed by atoms with Crippen molar-refractivity contribution in [2.75, 3.05) is 20.3 Å². The van der Waals surface area contributed by atoms with Crippen LogP contribution in [0.4, 0.5) is 4.39 Å². The second kappa shape index (κ2) is 8.56. The van der Waals surface area contributed by atoms with Gasteiger partial charge in [-0.05, 0) is 5.92 Å². The van der Waals surface area contributed by atoms with Crippen molar-refractivity contribution >= 4 is 11.9 Å². The van der Waals surface area contributed by atoms with Crippen LogP contribution in [-0.4, -0.2) is 41.8 Å². The van der Waals surface area contributed by atoms with E-state index in [0.717, 1.165) is 6.92 Å². The van der Waals surface area contributed by atoms with Crippen molar-refractivity contribution in [1.29, 1.82) is 0 Å². The van der Waals surface area contributed by atoms with Gasteiger partial charge < -0.3 is 14.8 Å². The number of H-pyrrole nitrogens is 1. The fraction of sp³-hybridized carbons (Fsp3) is 0.600. The van der Waals surface area contributed by atoms with Crippen LogP contribution in [0.15, 0.2) is 15.8 Å². The van der Waals surface area contributed by atoms with Gasteiger partial charge in [-0.3, -0.25) is 19.1 Å². The minimum Gasteiger partial charge on any atom is -0.460 e. The standard InChI is InChI=1S/C15H22FN3O6/c1-9(2)7-15(18-10(3)20,13(22)25-6-5-24-4)19-8-11(16)12(21)17-14(19)23/h8-9H,5-7H2,1-4H3,(H,18,20)(H,17,21,23). The number of ether oxygens (including phenoxy) is 2. The number of carbonyl (C=O) groups is 2. The molecule has 1 aromatic rings. The summed E-state index contributed by atoms with van der Waals surface area (Å²) >= 11 is 0. The number of carbonyl (C=O) groups excluding carboxylic acids is 2. The number of nitrogens with one attached hydrogen (secondary N) is 2. The van der Waals surface area contributed by atoms with E-state index < -0.39 is 34.6 Å². The summed E-state index contributed by atoms with van der Waals surface area (Å²) in [4.78, 5) is 49.6. The van der Waals surface area contributed by atoms with Crippen molar-refractivity contribution in [1.82, 2.24) is 14.9 Å². The fourth-order valence-electron chi connectivity index (χ4n) is 2.39. The molecule has 0 aliphatic heterocycles. The van der Waals surface area contributed by atoms with Crippen LogP contribution in [-0.2, 0) is 24.7 Å². The van der Waals surface area contributed by atoms with Gasteiger partial charge in [0.2, 0.25) is 17.4 Å². The van der Waals surface area contributed by atoms with Gasteiger partial charge in [-0.25, -0.2) is 9.59 Å². The topological polar surface area (TPSA) is 119 Å². The largest absolute Gasteiger partial charge is 0.460 e. The van der Waals surface area contributed by atoms with Crippen LogP contribution in [0.2, 0.25) is 0 Å². The first-order valence-corrected chi connectivity index (χ1v) is 7.61. The van der Waals surface area contributed by atoms with Gasteiger partial charge in [0.25, 0.3) is 5.56 Å². The third kappa shape index (κ3) is 4.99. The maximum absolute atomic E-state index is 13.7. The van der Waals surface area contributed by atoms with Crippen LogP contribution >= 0.6 is 0 Å². The van der Waals surface area contributed by atoms with Crippen molar-refractivity contribution < 1.29 is 23.5 Å². The summed E-state index contributed by atoms with van der Waals surface area (Å²) < 4.78 is 24.3. The molecule has 1 unspecified atom stereocenters. The maximum atomic E-state index is 13.7. The Morgan fingerprint density at radius 3 is 2.52 bits per heavy atom. The van der Waals surface area contributed by atoms with E-state index in [2.05, 4.69) is 5.32 Å². The highest BCUT2D eigenvalue weighted by molar-refractivity contribution is 5.85. The van der Waals surface area contributed by atoms with Gasteiger partial charge in [0, 0.05) is 20.5 Å². The van der Waals surface area contributed by atoms with E-state index in [1.165, 1.54) is 7.11 Å². The number of esters is 1. The Bertz CT molecular complexity index is 742. The molecule has 9 nitrogen and oxygen atoms in total. The molecule has 25 heavy (non-hydrogen) atoms. The van der Waals surface area contributed by atoms with Crippen molar-refractivity contribution in [3.8, 4) is 0 Å². The van der Waals surface area contributed by atoms with Gasteiger partial charge in [0.05, 0.1) is 12.8 Å². The smallest absolute Gasteiger partial charge is 0.353 e. The molecule has 10 heteroatoms. The van der Waals surface area contributed by atoms with Crippen molar-refractivity contribution in [2.24, 2.45) is 5.92 Å². The van der Waals surface area contributed by atoms with Crippen LogP contribution in [0, 0.1) is 11.7 Å². The van der Waals surface area contributed by atoms with E-state index in [-0.39, 0.29) is 25.6 Å². The number of halogens is 1.